The van der Waals surface area contributed by atoms with Crippen LogP contribution in [0.4, 0.5) is 0 Å². The van der Waals surface area contributed by atoms with Gasteiger partial charge in [-0.2, -0.15) is 11.8 Å². The summed E-state index contributed by atoms with van der Waals surface area (Å²) >= 11 is 1.79. The molecule has 0 heterocycles. The van der Waals surface area contributed by atoms with E-state index in [0.717, 1.165) is 11.5 Å². The van der Waals surface area contributed by atoms with Crippen LogP contribution in [0.1, 0.15) is 20.3 Å². The van der Waals surface area contributed by atoms with Crippen LogP contribution in [0.2, 0.25) is 0 Å². The molecule has 0 radical (unpaired) electrons. The van der Waals surface area contributed by atoms with Gasteiger partial charge in [-0.05, 0) is 13.0 Å². The lowest BCUT2D eigenvalue weighted by atomic mass is 10.1. The second-order valence-corrected chi connectivity index (χ2v) is 4.69. The number of carbonyl (C=O) groups is 1. The maximum Gasteiger partial charge on any atom is 0.306 e. The van der Waals surface area contributed by atoms with Gasteiger partial charge in [0.1, 0.15) is 0 Å². The zero-order valence-corrected chi connectivity index (χ0v) is 10.3. The zero-order chi connectivity index (χ0) is 11.0. The van der Waals surface area contributed by atoms with E-state index in [0.29, 0.717) is 18.4 Å². The molecule has 0 saturated carbocycles. The van der Waals surface area contributed by atoms with E-state index in [1.165, 1.54) is 7.11 Å². The number of carbonyl (C=O) groups excluding carboxylic acids is 1. The van der Waals surface area contributed by atoms with Gasteiger partial charge in [0.05, 0.1) is 13.5 Å². The highest BCUT2D eigenvalue weighted by Gasteiger charge is 2.10. The third kappa shape index (κ3) is 6.27. The predicted octanol–water partition coefficient (Wildman–Crippen LogP) is 1.53. The Morgan fingerprint density at radius 2 is 2.14 bits per heavy atom. The number of methoxy groups -OCH3 is 1. The first kappa shape index (κ1) is 13.8. The monoisotopic (exact) mass is 219 g/mol. The second kappa shape index (κ2) is 8.12. The molecule has 1 atom stereocenters. The molecule has 0 aromatic carbocycles. The van der Waals surface area contributed by atoms with Crippen LogP contribution in [-0.4, -0.2) is 37.7 Å². The number of nitrogens with one attached hydrogen (secondary N) is 1. The summed E-state index contributed by atoms with van der Waals surface area (Å²) in [5.74, 6) is 2.40. The first-order valence-corrected chi connectivity index (χ1v) is 6.09. The Morgan fingerprint density at radius 3 is 2.57 bits per heavy atom. The highest BCUT2D eigenvalue weighted by Crippen LogP contribution is 2.10. The number of hydrogen-bond donors (Lipinski definition) is 1. The maximum absolute atomic E-state index is 10.8. The first-order chi connectivity index (χ1) is 6.61. The van der Waals surface area contributed by atoms with E-state index in [9.17, 15) is 4.79 Å². The van der Waals surface area contributed by atoms with E-state index in [-0.39, 0.29) is 5.97 Å². The fraction of sp³-hybridized carbons (Fsp3) is 0.900. The van der Waals surface area contributed by atoms with Gasteiger partial charge in [0.25, 0.3) is 0 Å². The molecule has 0 aliphatic carbocycles. The van der Waals surface area contributed by atoms with E-state index in [2.05, 4.69) is 23.9 Å². The molecule has 0 amide bonds. The minimum Gasteiger partial charge on any atom is -0.469 e. The van der Waals surface area contributed by atoms with Gasteiger partial charge in [-0.1, -0.05) is 13.8 Å². The largest absolute Gasteiger partial charge is 0.469 e. The molecule has 84 valence electrons. The van der Waals surface area contributed by atoms with Crippen molar-refractivity contribution in [3.05, 3.63) is 0 Å². The minimum atomic E-state index is -0.122. The summed E-state index contributed by atoms with van der Waals surface area (Å²) in [6.07, 6.45) is 0.510. The Balaban J connectivity index is 3.47. The van der Waals surface area contributed by atoms with Crippen molar-refractivity contribution in [2.75, 3.05) is 25.7 Å². The van der Waals surface area contributed by atoms with Crippen LogP contribution in [-0.2, 0) is 9.53 Å². The number of esters is 1. The third-order valence-electron chi connectivity index (χ3n) is 2.15. The minimum absolute atomic E-state index is 0.122. The molecule has 0 fully saturated rings. The highest BCUT2D eigenvalue weighted by atomic mass is 32.2. The number of hydrogen-bond acceptors (Lipinski definition) is 4. The lowest BCUT2D eigenvalue weighted by molar-refractivity contribution is -0.140. The molecule has 3 nitrogen and oxygen atoms in total. The van der Waals surface area contributed by atoms with Gasteiger partial charge in [-0.25, -0.2) is 0 Å². The quantitative estimate of drug-likeness (QED) is 0.520. The summed E-state index contributed by atoms with van der Waals surface area (Å²) < 4.78 is 4.56. The Bertz CT molecular complexity index is 162. The molecule has 4 heteroatoms. The van der Waals surface area contributed by atoms with Crippen molar-refractivity contribution in [3.63, 3.8) is 0 Å². The molecule has 1 N–H and O–H groups in total. The predicted molar refractivity (Wildman–Crippen MR) is 61.6 cm³/mol. The van der Waals surface area contributed by atoms with E-state index in [4.69, 9.17) is 0 Å². The summed E-state index contributed by atoms with van der Waals surface area (Å²) in [6.45, 7) is 4.39. The molecule has 0 aliphatic rings. The van der Waals surface area contributed by atoms with E-state index in [1.54, 1.807) is 11.8 Å². The lowest BCUT2D eigenvalue weighted by Crippen LogP contribution is -2.33. The fourth-order valence-corrected chi connectivity index (χ4v) is 2.36. The summed E-state index contributed by atoms with van der Waals surface area (Å²) in [4.78, 5) is 10.8. The molecule has 0 aliphatic heterocycles. The average Bonchev–Trinajstić information content (AvgIpc) is 2.16. The topological polar surface area (TPSA) is 38.3 Å². The van der Waals surface area contributed by atoms with Crippen LogP contribution in [0.15, 0.2) is 0 Å². The Labute approximate surface area is 91.0 Å². The SMILES string of the molecule is CNC(CSCCC(=O)OC)C(C)C. The molecule has 0 aromatic heterocycles. The van der Waals surface area contributed by atoms with E-state index >= 15 is 0 Å². The zero-order valence-electron chi connectivity index (χ0n) is 9.50. The van der Waals surface area contributed by atoms with Gasteiger partial charge < -0.3 is 10.1 Å². The summed E-state index contributed by atoms with van der Waals surface area (Å²) in [7, 11) is 3.41. The van der Waals surface area contributed by atoms with Crippen LogP contribution in [0.5, 0.6) is 0 Å². The van der Waals surface area contributed by atoms with Gasteiger partial charge in [0, 0.05) is 17.5 Å². The highest BCUT2D eigenvalue weighted by molar-refractivity contribution is 7.99. The van der Waals surface area contributed by atoms with Crippen LogP contribution in [0, 0.1) is 5.92 Å². The Morgan fingerprint density at radius 1 is 1.50 bits per heavy atom. The van der Waals surface area contributed by atoms with E-state index in [1.807, 2.05) is 7.05 Å². The molecule has 0 saturated heterocycles. The Hall–Kier alpha value is -0.220. The fourth-order valence-electron chi connectivity index (χ4n) is 1.08. The van der Waals surface area contributed by atoms with E-state index < -0.39 is 0 Å². The first-order valence-electron chi connectivity index (χ1n) is 4.93. The number of ether oxygens (including phenoxy) is 1. The summed E-state index contributed by atoms with van der Waals surface area (Å²) in [5.41, 5.74) is 0. The maximum atomic E-state index is 10.8. The van der Waals surface area contributed by atoms with Crippen LogP contribution in [0.3, 0.4) is 0 Å². The number of thioether (sulfide) groups is 1. The normalized spacial score (nSPS) is 12.9. The molecule has 0 bridgehead atoms. The van der Waals surface area contributed by atoms with Crippen molar-refractivity contribution in [2.45, 2.75) is 26.3 Å². The average molecular weight is 219 g/mol. The van der Waals surface area contributed by atoms with Crippen molar-refractivity contribution < 1.29 is 9.53 Å². The van der Waals surface area contributed by atoms with Crippen LogP contribution >= 0.6 is 11.8 Å². The standard InChI is InChI=1S/C10H21NO2S/c1-8(2)9(11-3)7-14-6-5-10(12)13-4/h8-9,11H,5-7H2,1-4H3. The van der Waals surface area contributed by atoms with Crippen molar-refractivity contribution in [2.24, 2.45) is 5.92 Å². The molecular weight excluding hydrogens is 198 g/mol. The lowest BCUT2D eigenvalue weighted by Gasteiger charge is -2.19. The summed E-state index contributed by atoms with van der Waals surface area (Å²) in [5, 5.41) is 3.27. The van der Waals surface area contributed by atoms with Gasteiger partial charge in [0.2, 0.25) is 0 Å². The molecule has 1 unspecified atom stereocenters. The van der Waals surface area contributed by atoms with Crippen LogP contribution < -0.4 is 5.32 Å². The molecule has 0 rings (SSSR count). The van der Waals surface area contributed by atoms with Crippen molar-refractivity contribution in [1.82, 2.24) is 5.32 Å². The third-order valence-corrected chi connectivity index (χ3v) is 3.24. The molecule has 0 spiro atoms. The van der Waals surface area contributed by atoms with Gasteiger partial charge >= 0.3 is 5.97 Å². The van der Waals surface area contributed by atoms with Crippen molar-refractivity contribution in [1.29, 1.82) is 0 Å². The molecule has 14 heavy (non-hydrogen) atoms. The molecular formula is C10H21NO2S. The number of rotatable bonds is 7. The van der Waals surface area contributed by atoms with Crippen molar-refractivity contribution >= 4 is 17.7 Å². The van der Waals surface area contributed by atoms with Gasteiger partial charge in [-0.3, -0.25) is 4.79 Å². The smallest absolute Gasteiger partial charge is 0.306 e. The molecule has 0 aromatic rings. The van der Waals surface area contributed by atoms with Gasteiger partial charge in [0.15, 0.2) is 0 Å². The Kier molecular flexibility index (Phi) is 7.99. The van der Waals surface area contributed by atoms with Crippen LogP contribution in [0.25, 0.3) is 0 Å². The summed E-state index contributed by atoms with van der Waals surface area (Å²) in [6, 6.07) is 0.526. The van der Waals surface area contributed by atoms with Gasteiger partial charge in [-0.15, -0.1) is 0 Å². The second-order valence-electron chi connectivity index (χ2n) is 3.54. The van der Waals surface area contributed by atoms with Crippen molar-refractivity contribution in [3.8, 4) is 0 Å².